The minimum absolute atomic E-state index is 0.112. The number of nitrogens with zero attached hydrogens (tertiary/aromatic N) is 2. The van der Waals surface area contributed by atoms with Crippen molar-refractivity contribution in [1.29, 1.82) is 0 Å². The Labute approximate surface area is 120 Å². The average molecular weight is 280 g/mol. The van der Waals surface area contributed by atoms with E-state index in [1.54, 1.807) is 0 Å². The van der Waals surface area contributed by atoms with E-state index in [-0.39, 0.29) is 11.4 Å². The normalized spacial score (nSPS) is 10.5. The SMILES string of the molecule is COC(=O)c1ncc2cc(-c3ccccc3)ncc2c1O. The molecular formula is C16H12N2O3. The second-order valence-electron chi connectivity index (χ2n) is 4.47. The van der Waals surface area contributed by atoms with E-state index in [4.69, 9.17) is 0 Å². The Morgan fingerprint density at radius 2 is 1.90 bits per heavy atom. The van der Waals surface area contributed by atoms with Crippen molar-refractivity contribution in [2.24, 2.45) is 0 Å². The third-order valence-electron chi connectivity index (χ3n) is 3.20. The summed E-state index contributed by atoms with van der Waals surface area (Å²) in [5, 5.41) is 11.3. The number of methoxy groups -OCH3 is 1. The van der Waals surface area contributed by atoms with Crippen LogP contribution < -0.4 is 0 Å². The Bertz CT molecular complexity index is 816. The maximum absolute atomic E-state index is 11.5. The summed E-state index contributed by atoms with van der Waals surface area (Å²) in [5.74, 6) is -0.895. The van der Waals surface area contributed by atoms with Crippen LogP contribution in [-0.4, -0.2) is 28.2 Å². The van der Waals surface area contributed by atoms with Crippen LogP contribution in [0.4, 0.5) is 0 Å². The lowest BCUT2D eigenvalue weighted by Crippen LogP contribution is -2.04. The highest BCUT2D eigenvalue weighted by Gasteiger charge is 2.16. The van der Waals surface area contributed by atoms with E-state index >= 15 is 0 Å². The van der Waals surface area contributed by atoms with Crippen molar-refractivity contribution in [3.05, 3.63) is 54.5 Å². The molecule has 0 atom stereocenters. The van der Waals surface area contributed by atoms with Gasteiger partial charge in [-0.25, -0.2) is 9.78 Å². The van der Waals surface area contributed by atoms with Gasteiger partial charge in [0.05, 0.1) is 12.8 Å². The van der Waals surface area contributed by atoms with Crippen molar-refractivity contribution in [2.45, 2.75) is 0 Å². The minimum atomic E-state index is -0.679. The minimum Gasteiger partial charge on any atom is -0.505 e. The number of hydrogen-bond donors (Lipinski definition) is 1. The fraction of sp³-hybridized carbons (Fsp3) is 0.0625. The molecule has 2 heterocycles. The van der Waals surface area contributed by atoms with Gasteiger partial charge in [0.1, 0.15) is 0 Å². The monoisotopic (exact) mass is 280 g/mol. The zero-order valence-electron chi connectivity index (χ0n) is 11.3. The largest absolute Gasteiger partial charge is 0.505 e. The summed E-state index contributed by atoms with van der Waals surface area (Å²) in [6, 6.07) is 11.5. The molecule has 104 valence electrons. The summed E-state index contributed by atoms with van der Waals surface area (Å²) >= 11 is 0. The Hall–Kier alpha value is -2.95. The summed E-state index contributed by atoms with van der Waals surface area (Å²) in [6.45, 7) is 0. The van der Waals surface area contributed by atoms with Crippen LogP contribution in [-0.2, 0) is 4.74 Å². The van der Waals surface area contributed by atoms with Crippen LogP contribution in [0.25, 0.3) is 22.0 Å². The average Bonchev–Trinajstić information content (AvgIpc) is 2.55. The van der Waals surface area contributed by atoms with Gasteiger partial charge in [-0.2, -0.15) is 0 Å². The summed E-state index contributed by atoms with van der Waals surface area (Å²) in [6.07, 6.45) is 3.05. The van der Waals surface area contributed by atoms with Crippen molar-refractivity contribution in [2.75, 3.05) is 7.11 Å². The highest BCUT2D eigenvalue weighted by atomic mass is 16.5. The zero-order valence-corrected chi connectivity index (χ0v) is 11.3. The third-order valence-corrected chi connectivity index (χ3v) is 3.20. The lowest BCUT2D eigenvalue weighted by molar-refractivity contribution is 0.0591. The predicted octanol–water partition coefficient (Wildman–Crippen LogP) is 2.79. The number of carbonyl (C=O) groups excluding carboxylic acids is 1. The second kappa shape index (κ2) is 5.20. The fourth-order valence-electron chi connectivity index (χ4n) is 2.11. The number of carbonyl (C=O) groups is 1. The highest BCUT2D eigenvalue weighted by molar-refractivity contribution is 5.99. The molecule has 1 N–H and O–H groups in total. The van der Waals surface area contributed by atoms with Gasteiger partial charge in [-0.05, 0) is 6.07 Å². The van der Waals surface area contributed by atoms with Crippen LogP contribution >= 0.6 is 0 Å². The molecule has 5 heteroatoms. The maximum atomic E-state index is 11.5. The van der Waals surface area contributed by atoms with Crippen molar-refractivity contribution in [3.63, 3.8) is 0 Å². The third kappa shape index (κ3) is 2.29. The van der Waals surface area contributed by atoms with Crippen LogP contribution in [0.1, 0.15) is 10.5 Å². The standard InChI is InChI=1S/C16H12N2O3/c1-21-16(20)14-15(19)12-9-17-13(7-11(12)8-18-14)10-5-3-2-4-6-10/h2-9,19H,1H3. The second-order valence-corrected chi connectivity index (χ2v) is 4.47. The van der Waals surface area contributed by atoms with E-state index in [2.05, 4.69) is 14.7 Å². The van der Waals surface area contributed by atoms with E-state index in [1.807, 2.05) is 36.4 Å². The van der Waals surface area contributed by atoms with Crippen molar-refractivity contribution < 1.29 is 14.6 Å². The Morgan fingerprint density at radius 3 is 2.62 bits per heavy atom. The van der Waals surface area contributed by atoms with E-state index in [0.29, 0.717) is 10.8 Å². The molecule has 0 saturated heterocycles. The molecule has 0 bridgehead atoms. The van der Waals surface area contributed by atoms with Crippen molar-refractivity contribution in [1.82, 2.24) is 9.97 Å². The van der Waals surface area contributed by atoms with Crippen LogP contribution in [0.3, 0.4) is 0 Å². The van der Waals surface area contributed by atoms with Gasteiger partial charge < -0.3 is 9.84 Å². The first kappa shape index (κ1) is 13.1. The van der Waals surface area contributed by atoms with Crippen molar-refractivity contribution in [3.8, 4) is 17.0 Å². The van der Waals surface area contributed by atoms with Crippen LogP contribution in [0.2, 0.25) is 0 Å². The number of ether oxygens (including phenoxy) is 1. The lowest BCUT2D eigenvalue weighted by Gasteiger charge is -2.07. The number of benzene rings is 1. The van der Waals surface area contributed by atoms with Crippen molar-refractivity contribution >= 4 is 16.7 Å². The molecule has 3 rings (SSSR count). The van der Waals surface area contributed by atoms with Gasteiger partial charge in [0.15, 0.2) is 11.4 Å². The molecule has 0 saturated carbocycles. The number of pyridine rings is 2. The molecule has 21 heavy (non-hydrogen) atoms. The number of hydrogen-bond acceptors (Lipinski definition) is 5. The quantitative estimate of drug-likeness (QED) is 0.731. The maximum Gasteiger partial charge on any atom is 0.360 e. The molecule has 1 aromatic carbocycles. The first-order valence-electron chi connectivity index (χ1n) is 6.32. The van der Waals surface area contributed by atoms with Gasteiger partial charge in [-0.1, -0.05) is 30.3 Å². The summed E-state index contributed by atoms with van der Waals surface area (Å²) < 4.78 is 4.58. The molecule has 0 aliphatic heterocycles. The Kier molecular flexibility index (Phi) is 3.23. The summed E-state index contributed by atoms with van der Waals surface area (Å²) in [5.41, 5.74) is 1.63. The lowest BCUT2D eigenvalue weighted by atomic mass is 10.1. The van der Waals surface area contributed by atoms with Crippen LogP contribution in [0.5, 0.6) is 5.75 Å². The van der Waals surface area contributed by atoms with E-state index in [0.717, 1.165) is 11.3 Å². The molecule has 0 unspecified atom stereocenters. The van der Waals surface area contributed by atoms with Gasteiger partial charge in [-0.3, -0.25) is 4.98 Å². The smallest absolute Gasteiger partial charge is 0.360 e. The molecule has 0 fully saturated rings. The molecule has 0 aliphatic carbocycles. The first-order chi connectivity index (χ1) is 10.2. The molecule has 3 aromatic rings. The zero-order chi connectivity index (χ0) is 14.8. The number of esters is 1. The van der Waals surface area contributed by atoms with Gasteiger partial charge in [0.2, 0.25) is 0 Å². The molecule has 0 radical (unpaired) electrons. The van der Waals surface area contributed by atoms with Gasteiger partial charge in [-0.15, -0.1) is 0 Å². The molecule has 0 aliphatic rings. The van der Waals surface area contributed by atoms with E-state index in [9.17, 15) is 9.90 Å². The molecule has 2 aromatic heterocycles. The number of rotatable bonds is 2. The summed E-state index contributed by atoms with van der Waals surface area (Å²) in [7, 11) is 1.24. The van der Waals surface area contributed by atoms with Crippen LogP contribution in [0.15, 0.2) is 48.8 Å². The molecular weight excluding hydrogens is 268 g/mol. The molecule has 0 amide bonds. The van der Waals surface area contributed by atoms with Gasteiger partial charge in [0.25, 0.3) is 0 Å². The fourth-order valence-corrected chi connectivity index (χ4v) is 2.11. The van der Waals surface area contributed by atoms with Gasteiger partial charge in [0, 0.05) is 28.7 Å². The van der Waals surface area contributed by atoms with Crippen LogP contribution in [0, 0.1) is 0 Å². The van der Waals surface area contributed by atoms with E-state index < -0.39 is 5.97 Å². The van der Waals surface area contributed by atoms with E-state index in [1.165, 1.54) is 19.5 Å². The number of aromatic hydroxyl groups is 1. The summed E-state index contributed by atoms with van der Waals surface area (Å²) in [4.78, 5) is 19.8. The van der Waals surface area contributed by atoms with Gasteiger partial charge >= 0.3 is 5.97 Å². The number of aromatic nitrogens is 2. The topological polar surface area (TPSA) is 72.3 Å². The highest BCUT2D eigenvalue weighted by Crippen LogP contribution is 2.29. The molecule has 5 nitrogen and oxygen atoms in total. The molecule has 0 spiro atoms. The first-order valence-corrected chi connectivity index (χ1v) is 6.32. The Morgan fingerprint density at radius 1 is 1.14 bits per heavy atom. The predicted molar refractivity (Wildman–Crippen MR) is 78.0 cm³/mol. The Balaban J connectivity index is 2.15. The number of fused-ring (bicyclic) bond motifs is 1.